The van der Waals surface area contributed by atoms with Gasteiger partial charge >= 0.3 is 6.18 Å². The number of nitrogens with zero attached hydrogens (tertiary/aromatic N) is 3. The van der Waals surface area contributed by atoms with Crippen molar-refractivity contribution in [2.24, 2.45) is 0 Å². The molecule has 0 fully saturated rings. The van der Waals surface area contributed by atoms with Crippen LogP contribution < -0.4 is 14.8 Å². The van der Waals surface area contributed by atoms with Gasteiger partial charge in [0.1, 0.15) is 12.3 Å². The van der Waals surface area contributed by atoms with Gasteiger partial charge in [-0.3, -0.25) is 4.79 Å². The molecule has 0 bridgehead atoms. The van der Waals surface area contributed by atoms with E-state index in [1.807, 2.05) is 30.3 Å². The highest BCUT2D eigenvalue weighted by Crippen LogP contribution is 2.31. The monoisotopic (exact) mass is 508 g/mol. The standard InChI is InChI=1S/C27H23F3N4O3/c1-36-25-14-20(16-31-26(35)13-11-19-6-3-2-4-7-19)10-12-24(25)37-18-22-17-34(33-32-22)23-9-5-8-21(15-23)27(28,29)30/h2-15,17H,16,18H2,1H3,(H,31,35)/b13-11+. The molecule has 0 aliphatic heterocycles. The van der Waals surface area contributed by atoms with Crippen molar-refractivity contribution in [3.8, 4) is 17.2 Å². The number of nitrogens with one attached hydrogen (secondary N) is 1. The van der Waals surface area contributed by atoms with E-state index in [0.717, 1.165) is 23.3 Å². The molecule has 0 saturated carbocycles. The van der Waals surface area contributed by atoms with Crippen LogP contribution in [0.1, 0.15) is 22.4 Å². The molecule has 10 heteroatoms. The summed E-state index contributed by atoms with van der Waals surface area (Å²) in [6, 6.07) is 19.5. The van der Waals surface area contributed by atoms with Crippen LogP contribution in [0.2, 0.25) is 0 Å². The number of carbonyl (C=O) groups excluding carboxylic acids is 1. The number of ether oxygens (including phenoxy) is 2. The zero-order valence-corrected chi connectivity index (χ0v) is 19.8. The van der Waals surface area contributed by atoms with Crippen LogP contribution in [0.25, 0.3) is 11.8 Å². The summed E-state index contributed by atoms with van der Waals surface area (Å²) in [5.41, 5.74) is 1.61. The Morgan fingerprint density at radius 3 is 2.59 bits per heavy atom. The SMILES string of the molecule is COc1cc(CNC(=O)/C=C/c2ccccc2)ccc1OCc1cn(-c2cccc(C(F)(F)F)c2)nn1. The van der Waals surface area contributed by atoms with E-state index in [4.69, 9.17) is 9.47 Å². The van der Waals surface area contributed by atoms with Crippen molar-refractivity contribution < 1.29 is 27.4 Å². The van der Waals surface area contributed by atoms with Crippen molar-refractivity contribution in [3.63, 3.8) is 0 Å². The molecule has 7 nitrogen and oxygen atoms in total. The fourth-order valence-electron chi connectivity index (χ4n) is 3.39. The number of halogens is 3. The summed E-state index contributed by atoms with van der Waals surface area (Å²) in [7, 11) is 1.50. The molecule has 0 aliphatic carbocycles. The van der Waals surface area contributed by atoms with Crippen LogP contribution in [0, 0.1) is 0 Å². The van der Waals surface area contributed by atoms with Crippen molar-refractivity contribution in [1.29, 1.82) is 0 Å². The van der Waals surface area contributed by atoms with E-state index in [9.17, 15) is 18.0 Å². The maximum absolute atomic E-state index is 13.0. The molecule has 3 aromatic carbocycles. The van der Waals surface area contributed by atoms with Crippen molar-refractivity contribution in [2.45, 2.75) is 19.3 Å². The zero-order chi connectivity index (χ0) is 26.3. The number of hydrogen-bond acceptors (Lipinski definition) is 5. The molecule has 4 aromatic rings. The number of aromatic nitrogens is 3. The molecule has 37 heavy (non-hydrogen) atoms. The molecule has 1 amide bonds. The summed E-state index contributed by atoms with van der Waals surface area (Å²) in [4.78, 5) is 12.1. The number of amides is 1. The van der Waals surface area contributed by atoms with Crippen LogP contribution in [-0.2, 0) is 24.1 Å². The van der Waals surface area contributed by atoms with Crippen LogP contribution >= 0.6 is 0 Å². The maximum atomic E-state index is 13.0. The van der Waals surface area contributed by atoms with Gasteiger partial charge in [0.05, 0.1) is 24.6 Å². The minimum Gasteiger partial charge on any atom is -0.493 e. The third-order valence-corrected chi connectivity index (χ3v) is 5.28. The number of hydrogen-bond donors (Lipinski definition) is 1. The van der Waals surface area contributed by atoms with E-state index in [1.54, 1.807) is 24.3 Å². The molecule has 0 unspecified atom stereocenters. The highest BCUT2D eigenvalue weighted by molar-refractivity contribution is 5.91. The first-order chi connectivity index (χ1) is 17.8. The molecule has 1 aromatic heterocycles. The van der Waals surface area contributed by atoms with Gasteiger partial charge < -0.3 is 14.8 Å². The predicted molar refractivity (Wildman–Crippen MR) is 131 cm³/mol. The van der Waals surface area contributed by atoms with Crippen molar-refractivity contribution in [3.05, 3.63) is 107 Å². The van der Waals surface area contributed by atoms with Gasteiger partial charge in [-0.2, -0.15) is 13.2 Å². The lowest BCUT2D eigenvalue weighted by Crippen LogP contribution is -2.20. The Morgan fingerprint density at radius 1 is 1.03 bits per heavy atom. The van der Waals surface area contributed by atoms with Crippen LogP contribution in [0.15, 0.2) is 85.1 Å². The highest BCUT2D eigenvalue weighted by Gasteiger charge is 2.30. The predicted octanol–water partition coefficient (Wildman–Crippen LogP) is 5.20. The Labute approximate surface area is 211 Å². The lowest BCUT2D eigenvalue weighted by molar-refractivity contribution is -0.137. The number of rotatable bonds is 9. The molecular formula is C27H23F3N4O3. The second-order valence-corrected chi connectivity index (χ2v) is 7.94. The Morgan fingerprint density at radius 2 is 1.84 bits per heavy atom. The first kappa shape index (κ1) is 25.5. The van der Waals surface area contributed by atoms with Crippen LogP contribution in [0.3, 0.4) is 0 Å². The van der Waals surface area contributed by atoms with Crippen LogP contribution in [0.4, 0.5) is 13.2 Å². The average molecular weight is 509 g/mol. The summed E-state index contributed by atoms with van der Waals surface area (Å²) in [5.74, 6) is 0.666. The first-order valence-corrected chi connectivity index (χ1v) is 11.2. The third kappa shape index (κ3) is 6.97. The number of methoxy groups -OCH3 is 1. The molecule has 1 N–H and O–H groups in total. The lowest BCUT2D eigenvalue weighted by Gasteiger charge is -2.11. The van der Waals surface area contributed by atoms with E-state index in [-0.39, 0.29) is 18.2 Å². The Balaban J connectivity index is 1.35. The Bertz CT molecular complexity index is 1390. The van der Waals surface area contributed by atoms with Gasteiger partial charge in [0.2, 0.25) is 5.91 Å². The van der Waals surface area contributed by atoms with Gasteiger partial charge in [-0.15, -0.1) is 5.10 Å². The van der Waals surface area contributed by atoms with Crippen LogP contribution in [-0.4, -0.2) is 28.0 Å². The number of alkyl halides is 3. The maximum Gasteiger partial charge on any atom is 0.416 e. The lowest BCUT2D eigenvalue weighted by atomic mass is 10.2. The first-order valence-electron chi connectivity index (χ1n) is 11.2. The van der Waals surface area contributed by atoms with E-state index in [2.05, 4.69) is 15.6 Å². The summed E-state index contributed by atoms with van der Waals surface area (Å²) in [5, 5.41) is 10.7. The highest BCUT2D eigenvalue weighted by atomic mass is 19.4. The van der Waals surface area contributed by atoms with E-state index in [0.29, 0.717) is 23.7 Å². The summed E-state index contributed by atoms with van der Waals surface area (Å²) < 4.78 is 51.4. The number of carbonyl (C=O) groups is 1. The second kappa shape index (κ2) is 11.4. The molecule has 1 heterocycles. The number of benzene rings is 3. The Kier molecular flexibility index (Phi) is 7.87. The fraction of sp³-hybridized carbons (Fsp3) is 0.148. The molecule has 0 spiro atoms. The quantitative estimate of drug-likeness (QED) is 0.315. The van der Waals surface area contributed by atoms with E-state index < -0.39 is 11.7 Å². The third-order valence-electron chi connectivity index (χ3n) is 5.28. The molecule has 0 radical (unpaired) electrons. The topological polar surface area (TPSA) is 78.3 Å². The van der Waals surface area contributed by atoms with Gasteiger partial charge in [-0.1, -0.05) is 47.7 Å². The molecule has 4 rings (SSSR count). The molecule has 0 saturated heterocycles. The van der Waals surface area contributed by atoms with Crippen LogP contribution in [0.5, 0.6) is 11.5 Å². The minimum absolute atomic E-state index is 0.0235. The summed E-state index contributed by atoms with van der Waals surface area (Å²) >= 11 is 0. The Hall–Kier alpha value is -4.60. The molecule has 190 valence electrons. The second-order valence-electron chi connectivity index (χ2n) is 7.94. The van der Waals surface area contributed by atoms with Gasteiger partial charge in [-0.05, 0) is 47.5 Å². The van der Waals surface area contributed by atoms with Crippen molar-refractivity contribution in [1.82, 2.24) is 20.3 Å². The summed E-state index contributed by atoms with van der Waals surface area (Å²) in [6.07, 6.45) is 0.244. The van der Waals surface area contributed by atoms with Crippen molar-refractivity contribution >= 4 is 12.0 Å². The van der Waals surface area contributed by atoms with E-state index >= 15 is 0 Å². The molecule has 0 atom stereocenters. The normalized spacial score (nSPS) is 11.5. The van der Waals surface area contributed by atoms with Crippen molar-refractivity contribution in [2.75, 3.05) is 7.11 Å². The van der Waals surface area contributed by atoms with Gasteiger partial charge in [0, 0.05) is 12.6 Å². The summed E-state index contributed by atoms with van der Waals surface area (Å²) in [6.45, 7) is 0.315. The van der Waals surface area contributed by atoms with Gasteiger partial charge in [-0.25, -0.2) is 4.68 Å². The zero-order valence-electron chi connectivity index (χ0n) is 19.8. The van der Waals surface area contributed by atoms with Gasteiger partial charge in [0.15, 0.2) is 11.5 Å². The fourth-order valence-corrected chi connectivity index (χ4v) is 3.39. The minimum atomic E-state index is -4.45. The average Bonchev–Trinajstić information content (AvgIpc) is 3.39. The molecular weight excluding hydrogens is 485 g/mol. The molecule has 0 aliphatic rings. The largest absolute Gasteiger partial charge is 0.493 e. The van der Waals surface area contributed by atoms with Gasteiger partial charge in [0.25, 0.3) is 0 Å². The van der Waals surface area contributed by atoms with E-state index in [1.165, 1.54) is 36.2 Å². The smallest absolute Gasteiger partial charge is 0.416 e.